The van der Waals surface area contributed by atoms with Crippen LogP contribution in [0.15, 0.2) is 30.6 Å². The molecule has 0 radical (unpaired) electrons. The first kappa shape index (κ1) is 13.7. The van der Waals surface area contributed by atoms with Gasteiger partial charge in [0.1, 0.15) is 0 Å². The molecule has 4 nitrogen and oxygen atoms in total. The maximum atomic E-state index is 5.97. The quantitative estimate of drug-likeness (QED) is 0.848. The molecule has 1 saturated heterocycles. The maximum absolute atomic E-state index is 5.97. The standard InChI is InChI=1S/C15H19N3OS/c1-12-7-15(20-17-12)10-18-6-4-14(9-18)19-11-13-3-2-5-16-8-13/h2-3,5,7-8,14H,4,6,9-11H2,1H3. The van der Waals surface area contributed by atoms with Gasteiger partial charge in [0.2, 0.25) is 0 Å². The molecule has 0 bridgehead atoms. The first-order valence-electron chi connectivity index (χ1n) is 6.94. The first-order valence-corrected chi connectivity index (χ1v) is 7.72. The zero-order chi connectivity index (χ0) is 13.8. The largest absolute Gasteiger partial charge is 0.372 e. The van der Waals surface area contributed by atoms with Gasteiger partial charge in [-0.15, -0.1) is 0 Å². The molecule has 3 heterocycles. The van der Waals surface area contributed by atoms with Crippen LogP contribution in [0.4, 0.5) is 0 Å². The van der Waals surface area contributed by atoms with E-state index in [1.807, 2.05) is 19.2 Å². The lowest BCUT2D eigenvalue weighted by molar-refractivity contribution is 0.0461. The van der Waals surface area contributed by atoms with Gasteiger partial charge in [-0.2, -0.15) is 4.37 Å². The van der Waals surface area contributed by atoms with Gasteiger partial charge in [-0.1, -0.05) is 6.07 Å². The van der Waals surface area contributed by atoms with Crippen molar-refractivity contribution in [3.63, 3.8) is 0 Å². The molecule has 3 rings (SSSR count). The Kier molecular flexibility index (Phi) is 4.40. The smallest absolute Gasteiger partial charge is 0.0736 e. The summed E-state index contributed by atoms with van der Waals surface area (Å²) in [6.45, 7) is 5.82. The minimum atomic E-state index is 0.337. The molecule has 0 saturated carbocycles. The Labute approximate surface area is 123 Å². The number of likely N-dealkylation sites (tertiary alicyclic amines) is 1. The lowest BCUT2D eigenvalue weighted by atomic mass is 10.3. The molecular formula is C15H19N3OS. The Morgan fingerprint density at radius 2 is 2.45 bits per heavy atom. The molecule has 20 heavy (non-hydrogen) atoms. The molecule has 2 aromatic heterocycles. The van der Waals surface area contributed by atoms with E-state index in [1.54, 1.807) is 17.7 Å². The number of pyridine rings is 1. The number of aryl methyl sites for hydroxylation is 1. The third kappa shape index (κ3) is 3.62. The summed E-state index contributed by atoms with van der Waals surface area (Å²) in [7, 11) is 0. The second-order valence-electron chi connectivity index (χ2n) is 5.25. The van der Waals surface area contributed by atoms with E-state index in [-0.39, 0.29) is 0 Å². The Morgan fingerprint density at radius 1 is 1.50 bits per heavy atom. The summed E-state index contributed by atoms with van der Waals surface area (Å²) in [4.78, 5) is 7.90. The van der Waals surface area contributed by atoms with Gasteiger partial charge >= 0.3 is 0 Å². The summed E-state index contributed by atoms with van der Waals surface area (Å²) in [5, 5.41) is 0. The molecule has 2 aromatic rings. The SMILES string of the molecule is Cc1cc(CN2CCC(OCc3cccnc3)C2)sn1. The van der Waals surface area contributed by atoms with Crippen molar-refractivity contribution in [3.05, 3.63) is 46.7 Å². The van der Waals surface area contributed by atoms with Crippen molar-refractivity contribution < 1.29 is 4.74 Å². The van der Waals surface area contributed by atoms with Gasteiger partial charge in [-0.05, 0) is 42.6 Å². The zero-order valence-corrected chi connectivity index (χ0v) is 12.5. The van der Waals surface area contributed by atoms with Gasteiger partial charge < -0.3 is 4.74 Å². The molecule has 1 aliphatic heterocycles. The Morgan fingerprint density at radius 3 is 3.20 bits per heavy atom. The summed E-state index contributed by atoms with van der Waals surface area (Å²) in [6.07, 6.45) is 5.10. The van der Waals surface area contributed by atoms with Gasteiger partial charge in [0, 0.05) is 36.9 Å². The lowest BCUT2D eigenvalue weighted by Gasteiger charge is -2.15. The lowest BCUT2D eigenvalue weighted by Crippen LogP contribution is -2.22. The molecule has 1 fully saturated rings. The van der Waals surface area contributed by atoms with Crippen LogP contribution >= 0.6 is 11.5 Å². The second kappa shape index (κ2) is 6.43. The van der Waals surface area contributed by atoms with Crippen LogP contribution in [-0.4, -0.2) is 33.5 Å². The van der Waals surface area contributed by atoms with E-state index in [0.29, 0.717) is 12.7 Å². The Bertz CT molecular complexity index is 543. The third-order valence-electron chi connectivity index (χ3n) is 3.49. The highest BCUT2D eigenvalue weighted by Gasteiger charge is 2.23. The molecule has 0 N–H and O–H groups in total. The molecule has 1 unspecified atom stereocenters. The van der Waals surface area contributed by atoms with Crippen LogP contribution in [0.2, 0.25) is 0 Å². The highest BCUT2D eigenvalue weighted by molar-refractivity contribution is 7.05. The first-order chi connectivity index (χ1) is 9.79. The van der Waals surface area contributed by atoms with Crippen LogP contribution < -0.4 is 0 Å². The van der Waals surface area contributed by atoms with Crippen molar-refractivity contribution in [1.82, 2.24) is 14.3 Å². The van der Waals surface area contributed by atoms with E-state index in [1.165, 1.54) is 4.88 Å². The van der Waals surface area contributed by atoms with Crippen LogP contribution in [0, 0.1) is 6.92 Å². The van der Waals surface area contributed by atoms with Gasteiger partial charge in [0.25, 0.3) is 0 Å². The minimum Gasteiger partial charge on any atom is -0.372 e. The average molecular weight is 289 g/mol. The maximum Gasteiger partial charge on any atom is 0.0736 e. The van der Waals surface area contributed by atoms with E-state index >= 15 is 0 Å². The second-order valence-corrected chi connectivity index (χ2v) is 6.14. The van der Waals surface area contributed by atoms with Crippen LogP contribution in [0.1, 0.15) is 22.6 Å². The molecule has 0 amide bonds. The molecular weight excluding hydrogens is 270 g/mol. The van der Waals surface area contributed by atoms with Crippen molar-refractivity contribution in [2.75, 3.05) is 13.1 Å². The van der Waals surface area contributed by atoms with Crippen molar-refractivity contribution in [2.45, 2.75) is 32.6 Å². The highest BCUT2D eigenvalue weighted by atomic mass is 32.1. The fourth-order valence-corrected chi connectivity index (χ4v) is 3.26. The van der Waals surface area contributed by atoms with Crippen molar-refractivity contribution in [2.24, 2.45) is 0 Å². The summed E-state index contributed by atoms with van der Waals surface area (Å²) in [5.41, 5.74) is 2.26. The number of hydrogen-bond donors (Lipinski definition) is 0. The normalized spacial score (nSPS) is 19.6. The predicted molar refractivity (Wildman–Crippen MR) is 79.6 cm³/mol. The van der Waals surface area contributed by atoms with Crippen LogP contribution in [0.3, 0.4) is 0 Å². The summed E-state index contributed by atoms with van der Waals surface area (Å²) in [5.74, 6) is 0. The molecule has 106 valence electrons. The van der Waals surface area contributed by atoms with Crippen LogP contribution in [0.5, 0.6) is 0 Å². The average Bonchev–Trinajstić information content (AvgIpc) is 3.08. The zero-order valence-electron chi connectivity index (χ0n) is 11.7. The van der Waals surface area contributed by atoms with E-state index in [2.05, 4.69) is 26.4 Å². The van der Waals surface area contributed by atoms with Crippen molar-refractivity contribution in [1.29, 1.82) is 0 Å². The third-order valence-corrected chi connectivity index (χ3v) is 4.35. The van der Waals surface area contributed by atoms with Crippen molar-refractivity contribution in [3.8, 4) is 0 Å². The van der Waals surface area contributed by atoms with Gasteiger partial charge in [0.15, 0.2) is 0 Å². The number of nitrogens with zero attached hydrogens (tertiary/aromatic N) is 3. The fourth-order valence-electron chi connectivity index (χ4n) is 2.49. The summed E-state index contributed by atoms with van der Waals surface area (Å²) in [6, 6.07) is 6.18. The van der Waals surface area contributed by atoms with Crippen LogP contribution in [-0.2, 0) is 17.9 Å². The van der Waals surface area contributed by atoms with Gasteiger partial charge in [0.05, 0.1) is 18.4 Å². The summed E-state index contributed by atoms with van der Waals surface area (Å²) < 4.78 is 10.3. The molecule has 0 aliphatic carbocycles. The Balaban J connectivity index is 1.45. The van der Waals surface area contributed by atoms with Gasteiger partial charge in [-0.25, -0.2) is 0 Å². The van der Waals surface area contributed by atoms with Gasteiger partial charge in [-0.3, -0.25) is 9.88 Å². The van der Waals surface area contributed by atoms with E-state index < -0.39 is 0 Å². The molecule has 1 aliphatic rings. The molecule has 0 spiro atoms. The van der Waals surface area contributed by atoms with E-state index in [9.17, 15) is 0 Å². The molecule has 0 aromatic carbocycles. The number of ether oxygens (including phenoxy) is 1. The highest BCUT2D eigenvalue weighted by Crippen LogP contribution is 2.19. The Hall–Kier alpha value is -1.30. The topological polar surface area (TPSA) is 38.2 Å². The summed E-state index contributed by atoms with van der Waals surface area (Å²) >= 11 is 1.61. The predicted octanol–water partition coefficient (Wildman–Crippen LogP) is 2.64. The fraction of sp³-hybridized carbons (Fsp3) is 0.467. The monoisotopic (exact) mass is 289 g/mol. The number of rotatable bonds is 5. The van der Waals surface area contributed by atoms with Crippen LogP contribution in [0.25, 0.3) is 0 Å². The van der Waals surface area contributed by atoms with E-state index in [4.69, 9.17) is 4.74 Å². The van der Waals surface area contributed by atoms with E-state index in [0.717, 1.165) is 37.3 Å². The number of aromatic nitrogens is 2. The molecule has 1 atom stereocenters. The number of hydrogen-bond acceptors (Lipinski definition) is 5. The van der Waals surface area contributed by atoms with Crippen molar-refractivity contribution >= 4 is 11.5 Å². The minimum absolute atomic E-state index is 0.337. The molecule has 5 heteroatoms.